The smallest absolute Gasteiger partial charge is 0.339 e. The van der Waals surface area contributed by atoms with E-state index in [1.165, 1.54) is 32.0 Å². The van der Waals surface area contributed by atoms with Crippen LogP contribution in [0.2, 0.25) is 0 Å². The van der Waals surface area contributed by atoms with Gasteiger partial charge < -0.3 is 9.72 Å². The molecule has 0 spiro atoms. The molecule has 168 valence electrons. The monoisotopic (exact) mass is 448 g/mol. The molecule has 0 aliphatic carbocycles. The minimum absolute atomic E-state index is 0.0510. The van der Waals surface area contributed by atoms with Gasteiger partial charge in [0, 0.05) is 17.3 Å². The number of hydrogen-bond acceptors (Lipinski definition) is 6. The number of benzene rings is 1. The summed E-state index contributed by atoms with van der Waals surface area (Å²) in [5, 5.41) is 0. The standard InChI is InChI=1S/C22H28N2O6S/c1-11(2)24-31(28,29)17-9-8-12(3)18(10-17)22(27)30-16(7)21(26)20-13(4)19(15(6)25)14(5)23-20/h8-11,16,23-24H,1-7H3. The fourth-order valence-electron chi connectivity index (χ4n) is 3.37. The molecule has 1 heterocycles. The van der Waals surface area contributed by atoms with Crippen LogP contribution in [0.25, 0.3) is 0 Å². The third-order valence-electron chi connectivity index (χ3n) is 4.82. The lowest BCUT2D eigenvalue weighted by atomic mass is 10.0. The van der Waals surface area contributed by atoms with Gasteiger partial charge in [-0.3, -0.25) is 9.59 Å². The van der Waals surface area contributed by atoms with E-state index in [4.69, 9.17) is 4.74 Å². The number of ether oxygens (including phenoxy) is 1. The Morgan fingerprint density at radius 3 is 2.19 bits per heavy atom. The Balaban J connectivity index is 2.29. The lowest BCUT2D eigenvalue weighted by molar-refractivity contribution is 0.0316. The molecule has 31 heavy (non-hydrogen) atoms. The quantitative estimate of drug-likeness (QED) is 0.472. The van der Waals surface area contributed by atoms with Crippen molar-refractivity contribution in [2.45, 2.75) is 65.5 Å². The molecular weight excluding hydrogens is 420 g/mol. The molecule has 0 radical (unpaired) electrons. The van der Waals surface area contributed by atoms with Crippen LogP contribution in [0.4, 0.5) is 0 Å². The Hall–Kier alpha value is -2.78. The van der Waals surface area contributed by atoms with Crippen molar-refractivity contribution in [1.29, 1.82) is 0 Å². The molecule has 0 aliphatic heterocycles. The number of aryl methyl sites for hydroxylation is 2. The highest BCUT2D eigenvalue weighted by Gasteiger charge is 2.27. The number of esters is 1. The Labute approximate surface area is 182 Å². The van der Waals surface area contributed by atoms with Crippen LogP contribution in [0, 0.1) is 20.8 Å². The van der Waals surface area contributed by atoms with Gasteiger partial charge in [0.2, 0.25) is 15.8 Å². The van der Waals surface area contributed by atoms with Gasteiger partial charge in [-0.15, -0.1) is 0 Å². The number of sulfonamides is 1. The fourth-order valence-corrected chi connectivity index (χ4v) is 4.65. The molecule has 8 nitrogen and oxygen atoms in total. The lowest BCUT2D eigenvalue weighted by Gasteiger charge is -2.15. The van der Waals surface area contributed by atoms with Crippen molar-refractivity contribution in [3.63, 3.8) is 0 Å². The van der Waals surface area contributed by atoms with Crippen molar-refractivity contribution in [2.75, 3.05) is 0 Å². The first kappa shape index (κ1) is 24.5. The zero-order valence-electron chi connectivity index (χ0n) is 18.7. The molecule has 2 rings (SSSR count). The SMILES string of the molecule is CC(=O)c1c(C)[nH]c(C(=O)C(C)OC(=O)c2cc(S(=O)(=O)NC(C)C)ccc2C)c1C. The van der Waals surface area contributed by atoms with Crippen molar-refractivity contribution in [3.8, 4) is 0 Å². The largest absolute Gasteiger partial charge is 0.451 e. The number of ketones is 2. The Kier molecular flexibility index (Phi) is 7.23. The molecule has 1 unspecified atom stereocenters. The molecule has 0 bridgehead atoms. The van der Waals surface area contributed by atoms with E-state index in [2.05, 4.69) is 9.71 Å². The van der Waals surface area contributed by atoms with Crippen molar-refractivity contribution >= 4 is 27.6 Å². The number of Topliss-reactive ketones (excluding diaryl/α,β-unsaturated/α-hetero) is 2. The number of H-pyrrole nitrogens is 1. The maximum absolute atomic E-state index is 12.8. The molecular formula is C22H28N2O6S. The first-order valence-electron chi connectivity index (χ1n) is 9.84. The predicted octanol–water partition coefficient (Wildman–Crippen LogP) is 3.26. The molecule has 2 aromatic rings. The van der Waals surface area contributed by atoms with Crippen LogP contribution < -0.4 is 4.72 Å². The highest BCUT2D eigenvalue weighted by molar-refractivity contribution is 7.89. The summed E-state index contributed by atoms with van der Waals surface area (Å²) in [6.45, 7) is 11.2. The Bertz CT molecular complexity index is 1140. The number of nitrogens with one attached hydrogen (secondary N) is 2. The number of aromatic amines is 1. The zero-order valence-corrected chi connectivity index (χ0v) is 19.6. The molecule has 0 amide bonds. The van der Waals surface area contributed by atoms with E-state index in [0.717, 1.165) is 0 Å². The summed E-state index contributed by atoms with van der Waals surface area (Å²) in [6.07, 6.45) is -1.14. The first-order chi connectivity index (χ1) is 14.3. The molecule has 1 aromatic carbocycles. The summed E-state index contributed by atoms with van der Waals surface area (Å²) < 4.78 is 32.6. The average molecular weight is 449 g/mol. The van der Waals surface area contributed by atoms with Crippen LogP contribution in [0.3, 0.4) is 0 Å². The van der Waals surface area contributed by atoms with Crippen LogP contribution in [0.5, 0.6) is 0 Å². The van der Waals surface area contributed by atoms with E-state index in [9.17, 15) is 22.8 Å². The van der Waals surface area contributed by atoms with Gasteiger partial charge in [-0.05, 0) is 71.7 Å². The minimum Gasteiger partial charge on any atom is -0.451 e. The molecule has 1 atom stereocenters. The maximum atomic E-state index is 12.8. The van der Waals surface area contributed by atoms with Gasteiger partial charge in [0.25, 0.3) is 0 Å². The summed E-state index contributed by atoms with van der Waals surface area (Å²) in [6, 6.07) is 3.83. The third kappa shape index (κ3) is 5.29. The highest BCUT2D eigenvalue weighted by atomic mass is 32.2. The fraction of sp³-hybridized carbons (Fsp3) is 0.409. The molecule has 2 N–H and O–H groups in total. The van der Waals surface area contributed by atoms with E-state index in [0.29, 0.717) is 22.4 Å². The maximum Gasteiger partial charge on any atom is 0.339 e. The second-order valence-corrected chi connectivity index (χ2v) is 9.56. The molecule has 0 saturated carbocycles. The summed E-state index contributed by atoms with van der Waals surface area (Å²) >= 11 is 0. The summed E-state index contributed by atoms with van der Waals surface area (Å²) in [5.41, 5.74) is 2.28. The minimum atomic E-state index is -3.80. The summed E-state index contributed by atoms with van der Waals surface area (Å²) in [5.74, 6) is -1.46. The van der Waals surface area contributed by atoms with E-state index in [1.807, 2.05) is 0 Å². The molecule has 0 aliphatic rings. The van der Waals surface area contributed by atoms with Crippen molar-refractivity contribution < 1.29 is 27.5 Å². The van der Waals surface area contributed by atoms with Crippen molar-refractivity contribution in [2.24, 2.45) is 0 Å². The molecule has 0 saturated heterocycles. The van der Waals surface area contributed by atoms with Crippen LogP contribution in [0.1, 0.15) is 75.7 Å². The second-order valence-electron chi connectivity index (χ2n) is 7.85. The van der Waals surface area contributed by atoms with Crippen molar-refractivity contribution in [1.82, 2.24) is 9.71 Å². The Morgan fingerprint density at radius 1 is 1.06 bits per heavy atom. The van der Waals surface area contributed by atoms with E-state index < -0.39 is 27.9 Å². The second kappa shape index (κ2) is 9.15. The van der Waals surface area contributed by atoms with Gasteiger partial charge in [0.1, 0.15) is 0 Å². The lowest BCUT2D eigenvalue weighted by Crippen LogP contribution is -2.30. The van der Waals surface area contributed by atoms with Crippen LogP contribution in [0.15, 0.2) is 23.1 Å². The van der Waals surface area contributed by atoms with Gasteiger partial charge in [0.15, 0.2) is 11.9 Å². The number of carbonyl (C=O) groups is 3. The van der Waals surface area contributed by atoms with Crippen LogP contribution in [-0.4, -0.2) is 43.1 Å². The summed E-state index contributed by atoms with van der Waals surface area (Å²) in [7, 11) is -3.80. The summed E-state index contributed by atoms with van der Waals surface area (Å²) in [4.78, 5) is 40.2. The van der Waals surface area contributed by atoms with E-state index in [1.54, 1.807) is 34.6 Å². The van der Waals surface area contributed by atoms with E-state index in [-0.39, 0.29) is 28.0 Å². The Morgan fingerprint density at radius 2 is 1.68 bits per heavy atom. The van der Waals surface area contributed by atoms with Gasteiger partial charge >= 0.3 is 5.97 Å². The number of hydrogen-bond donors (Lipinski definition) is 2. The number of carbonyl (C=O) groups excluding carboxylic acids is 3. The third-order valence-corrected chi connectivity index (χ3v) is 6.48. The van der Waals surface area contributed by atoms with Gasteiger partial charge in [0.05, 0.1) is 16.2 Å². The topological polar surface area (TPSA) is 122 Å². The predicted molar refractivity (Wildman–Crippen MR) is 116 cm³/mol. The zero-order chi connectivity index (χ0) is 23.7. The molecule has 1 aromatic heterocycles. The molecule has 9 heteroatoms. The van der Waals surface area contributed by atoms with Gasteiger partial charge in [-0.2, -0.15) is 0 Å². The van der Waals surface area contributed by atoms with Crippen LogP contribution >= 0.6 is 0 Å². The van der Waals surface area contributed by atoms with Gasteiger partial charge in [-0.1, -0.05) is 6.07 Å². The average Bonchev–Trinajstić information content (AvgIpc) is 2.94. The normalized spacial score (nSPS) is 12.6. The molecule has 0 fully saturated rings. The van der Waals surface area contributed by atoms with Gasteiger partial charge in [-0.25, -0.2) is 17.9 Å². The van der Waals surface area contributed by atoms with Crippen LogP contribution in [-0.2, 0) is 14.8 Å². The number of rotatable bonds is 8. The van der Waals surface area contributed by atoms with E-state index >= 15 is 0 Å². The first-order valence-corrected chi connectivity index (χ1v) is 11.3. The highest BCUT2D eigenvalue weighted by Crippen LogP contribution is 2.22. The van der Waals surface area contributed by atoms with Crippen molar-refractivity contribution in [3.05, 3.63) is 51.8 Å². The number of aromatic nitrogens is 1.